The second-order valence-corrected chi connectivity index (χ2v) is 7.75. The maximum absolute atomic E-state index is 12.3. The van der Waals surface area contributed by atoms with Crippen LogP contribution in [0.2, 0.25) is 5.02 Å². The molecule has 0 radical (unpaired) electrons. The average Bonchev–Trinajstić information content (AvgIpc) is 3.04. The van der Waals surface area contributed by atoms with Crippen LogP contribution in [0, 0.1) is 0 Å². The lowest BCUT2D eigenvalue weighted by Gasteiger charge is -2.09. The molecule has 3 aromatic rings. The lowest BCUT2D eigenvalue weighted by Crippen LogP contribution is -2.22. The molecule has 0 saturated heterocycles. The van der Waals surface area contributed by atoms with E-state index in [0.29, 0.717) is 15.2 Å². The number of benzene rings is 2. The molecule has 0 aliphatic heterocycles. The Labute approximate surface area is 153 Å². The molecule has 0 unspecified atom stereocenters. The first kappa shape index (κ1) is 17.0. The summed E-state index contributed by atoms with van der Waals surface area (Å²) in [6, 6.07) is 17.2. The first-order valence-electron chi connectivity index (χ1n) is 7.24. The number of nitrogens with one attached hydrogen (secondary N) is 1. The Morgan fingerprint density at radius 1 is 1.12 bits per heavy atom. The third-order valence-electron chi connectivity index (χ3n) is 3.18. The van der Waals surface area contributed by atoms with Crippen molar-refractivity contribution in [2.75, 3.05) is 5.32 Å². The van der Waals surface area contributed by atoms with Gasteiger partial charge in [-0.15, -0.1) is 22.0 Å². The van der Waals surface area contributed by atoms with Crippen molar-refractivity contribution in [3.63, 3.8) is 0 Å². The van der Waals surface area contributed by atoms with Crippen molar-refractivity contribution in [1.82, 2.24) is 10.2 Å². The summed E-state index contributed by atoms with van der Waals surface area (Å²) >= 11 is 8.97. The van der Waals surface area contributed by atoms with Gasteiger partial charge >= 0.3 is 0 Å². The molecule has 1 heterocycles. The molecule has 0 spiro atoms. The van der Waals surface area contributed by atoms with Crippen LogP contribution in [0.25, 0.3) is 10.6 Å². The molecular weight excluding hydrogens is 362 g/mol. The molecule has 1 N–H and O–H groups in total. The lowest BCUT2D eigenvalue weighted by atomic mass is 10.2. The molecule has 1 amide bonds. The predicted octanol–water partition coefficient (Wildman–Crippen LogP) is 4.98. The number of hydrogen-bond donors (Lipinski definition) is 1. The van der Waals surface area contributed by atoms with Crippen LogP contribution in [-0.4, -0.2) is 21.4 Å². The second kappa shape index (κ2) is 7.79. The molecule has 0 aliphatic rings. The van der Waals surface area contributed by atoms with E-state index in [2.05, 4.69) is 15.5 Å². The smallest absolute Gasteiger partial charge is 0.239 e. The van der Waals surface area contributed by atoms with Gasteiger partial charge < -0.3 is 0 Å². The van der Waals surface area contributed by atoms with Gasteiger partial charge in [-0.05, 0) is 25.1 Å². The van der Waals surface area contributed by atoms with Crippen molar-refractivity contribution in [3.05, 3.63) is 59.6 Å². The van der Waals surface area contributed by atoms with Crippen molar-refractivity contribution in [2.24, 2.45) is 0 Å². The summed E-state index contributed by atoms with van der Waals surface area (Å²) in [7, 11) is 0. The first-order valence-corrected chi connectivity index (χ1v) is 9.32. The zero-order chi connectivity index (χ0) is 16.9. The van der Waals surface area contributed by atoms with E-state index in [-0.39, 0.29) is 11.2 Å². The van der Waals surface area contributed by atoms with Crippen LogP contribution in [-0.2, 0) is 4.79 Å². The quantitative estimate of drug-likeness (QED) is 0.639. The predicted molar refractivity (Wildman–Crippen MR) is 101 cm³/mol. The first-order chi connectivity index (χ1) is 11.6. The van der Waals surface area contributed by atoms with Crippen LogP contribution in [0.4, 0.5) is 5.13 Å². The Bertz CT molecular complexity index is 839. The van der Waals surface area contributed by atoms with E-state index in [1.807, 2.05) is 55.5 Å². The summed E-state index contributed by atoms with van der Waals surface area (Å²) in [6.07, 6.45) is 0. The molecule has 0 aliphatic carbocycles. The maximum atomic E-state index is 12.3. The minimum atomic E-state index is -0.236. The van der Waals surface area contributed by atoms with Crippen molar-refractivity contribution < 1.29 is 4.79 Å². The molecule has 24 heavy (non-hydrogen) atoms. The summed E-state index contributed by atoms with van der Waals surface area (Å²) in [5.74, 6) is -0.106. The van der Waals surface area contributed by atoms with Gasteiger partial charge in [-0.3, -0.25) is 10.1 Å². The van der Waals surface area contributed by atoms with Crippen LogP contribution in [0.1, 0.15) is 6.92 Å². The molecule has 0 fully saturated rings. The summed E-state index contributed by atoms with van der Waals surface area (Å²) < 4.78 is 0. The van der Waals surface area contributed by atoms with Gasteiger partial charge in [-0.2, -0.15) is 0 Å². The highest BCUT2D eigenvalue weighted by molar-refractivity contribution is 8.00. The van der Waals surface area contributed by atoms with E-state index in [9.17, 15) is 4.79 Å². The van der Waals surface area contributed by atoms with Crippen LogP contribution in [0.5, 0.6) is 0 Å². The van der Waals surface area contributed by atoms with E-state index in [1.54, 1.807) is 6.07 Å². The number of amides is 1. The topological polar surface area (TPSA) is 54.9 Å². The number of rotatable bonds is 5. The Morgan fingerprint density at radius 3 is 2.58 bits per heavy atom. The molecular formula is C17H14ClN3OS2. The van der Waals surface area contributed by atoms with Gasteiger partial charge in [0.05, 0.1) is 10.3 Å². The van der Waals surface area contributed by atoms with Crippen molar-refractivity contribution in [3.8, 4) is 10.6 Å². The molecule has 2 aromatic carbocycles. The van der Waals surface area contributed by atoms with E-state index in [1.165, 1.54) is 23.1 Å². The number of hydrogen-bond acceptors (Lipinski definition) is 5. The van der Waals surface area contributed by atoms with Gasteiger partial charge in [0.1, 0.15) is 0 Å². The summed E-state index contributed by atoms with van der Waals surface area (Å²) in [5, 5.41) is 12.5. The Hall–Kier alpha value is -1.89. The normalized spacial score (nSPS) is 11.9. The molecule has 3 rings (SSSR count). The monoisotopic (exact) mass is 375 g/mol. The van der Waals surface area contributed by atoms with Crippen LogP contribution in [0.15, 0.2) is 59.5 Å². The second-order valence-electron chi connectivity index (χ2n) is 4.95. The number of thioether (sulfide) groups is 1. The number of carbonyl (C=O) groups excluding carboxylic acids is 1. The molecule has 7 heteroatoms. The molecule has 4 nitrogen and oxygen atoms in total. The number of halogens is 1. The van der Waals surface area contributed by atoms with E-state index in [0.717, 1.165) is 10.5 Å². The Balaban J connectivity index is 1.66. The highest BCUT2D eigenvalue weighted by atomic mass is 35.5. The molecule has 0 bridgehead atoms. The van der Waals surface area contributed by atoms with Crippen molar-refractivity contribution in [2.45, 2.75) is 17.1 Å². The Kier molecular flexibility index (Phi) is 5.50. The number of carbonyl (C=O) groups is 1. The van der Waals surface area contributed by atoms with Gasteiger partial charge in [0, 0.05) is 10.5 Å². The average molecular weight is 376 g/mol. The van der Waals surface area contributed by atoms with Gasteiger partial charge in [-0.1, -0.05) is 59.3 Å². The minimum absolute atomic E-state index is 0.106. The fourth-order valence-corrected chi connectivity index (χ4v) is 3.94. The van der Waals surface area contributed by atoms with E-state index >= 15 is 0 Å². The van der Waals surface area contributed by atoms with Gasteiger partial charge in [-0.25, -0.2) is 0 Å². The Morgan fingerprint density at radius 2 is 1.83 bits per heavy atom. The van der Waals surface area contributed by atoms with Gasteiger partial charge in [0.2, 0.25) is 11.0 Å². The van der Waals surface area contributed by atoms with Gasteiger partial charge in [0.15, 0.2) is 5.01 Å². The van der Waals surface area contributed by atoms with Crippen LogP contribution >= 0.6 is 34.7 Å². The standard InChI is InChI=1S/C17H14ClN3OS2/c1-11(23-12-7-3-2-4-8-12)15(22)19-17-21-20-16(24-17)13-9-5-6-10-14(13)18/h2-11H,1H3,(H,19,21,22)/t11-/m0/s1. The fraction of sp³-hybridized carbons (Fsp3) is 0.118. The molecule has 1 aromatic heterocycles. The fourth-order valence-electron chi connectivity index (χ4n) is 1.98. The van der Waals surface area contributed by atoms with Crippen LogP contribution in [0.3, 0.4) is 0 Å². The highest BCUT2D eigenvalue weighted by Gasteiger charge is 2.17. The van der Waals surface area contributed by atoms with Crippen LogP contribution < -0.4 is 5.32 Å². The number of anilines is 1. The zero-order valence-corrected chi connectivity index (χ0v) is 15.2. The largest absolute Gasteiger partial charge is 0.300 e. The minimum Gasteiger partial charge on any atom is -0.300 e. The van der Waals surface area contributed by atoms with Crippen molar-refractivity contribution in [1.29, 1.82) is 0 Å². The summed E-state index contributed by atoms with van der Waals surface area (Å²) in [6.45, 7) is 1.86. The van der Waals surface area contributed by atoms with E-state index < -0.39 is 0 Å². The van der Waals surface area contributed by atoms with E-state index in [4.69, 9.17) is 11.6 Å². The lowest BCUT2D eigenvalue weighted by molar-refractivity contribution is -0.115. The number of nitrogens with zero attached hydrogens (tertiary/aromatic N) is 2. The molecule has 122 valence electrons. The third-order valence-corrected chi connectivity index (χ3v) is 5.50. The maximum Gasteiger partial charge on any atom is 0.239 e. The van der Waals surface area contributed by atoms with Crippen molar-refractivity contribution >= 4 is 45.7 Å². The SMILES string of the molecule is C[C@H](Sc1ccccc1)C(=O)Nc1nnc(-c2ccccc2Cl)s1. The summed E-state index contributed by atoms with van der Waals surface area (Å²) in [4.78, 5) is 13.4. The van der Waals surface area contributed by atoms with Gasteiger partial charge in [0.25, 0.3) is 0 Å². The highest BCUT2D eigenvalue weighted by Crippen LogP contribution is 2.32. The molecule has 1 atom stereocenters. The number of aromatic nitrogens is 2. The summed E-state index contributed by atoms with van der Waals surface area (Å²) in [5.41, 5.74) is 0.809. The zero-order valence-electron chi connectivity index (χ0n) is 12.8. The third kappa shape index (κ3) is 4.14. The molecule has 0 saturated carbocycles.